The van der Waals surface area contributed by atoms with E-state index in [9.17, 15) is 5.11 Å². The van der Waals surface area contributed by atoms with Gasteiger partial charge in [-0.15, -0.1) is 0 Å². The van der Waals surface area contributed by atoms with Gasteiger partial charge in [-0.2, -0.15) is 0 Å². The van der Waals surface area contributed by atoms with Crippen molar-refractivity contribution in [2.45, 2.75) is 13.0 Å². The van der Waals surface area contributed by atoms with E-state index in [4.69, 9.17) is 9.84 Å². The number of para-hydroxylation sites is 1. The van der Waals surface area contributed by atoms with Crippen molar-refractivity contribution in [2.75, 3.05) is 33.4 Å². The molecule has 17 heavy (non-hydrogen) atoms. The molecular weight excluding hydrogens is 218 g/mol. The van der Waals surface area contributed by atoms with Crippen LogP contribution >= 0.6 is 0 Å². The summed E-state index contributed by atoms with van der Waals surface area (Å²) in [4.78, 5) is 1.87. The minimum atomic E-state index is -0.550. The molecule has 0 fully saturated rings. The van der Waals surface area contributed by atoms with E-state index in [-0.39, 0.29) is 13.2 Å². The van der Waals surface area contributed by atoms with Crippen LogP contribution in [0.5, 0.6) is 5.75 Å². The Labute approximate surface area is 102 Å². The van der Waals surface area contributed by atoms with Crippen molar-refractivity contribution < 1.29 is 14.9 Å². The van der Waals surface area contributed by atoms with Gasteiger partial charge in [-0.25, -0.2) is 0 Å². The van der Waals surface area contributed by atoms with Crippen LogP contribution in [-0.2, 0) is 0 Å². The average molecular weight is 239 g/mol. The maximum Gasteiger partial charge on any atom is 0.122 e. The maximum absolute atomic E-state index is 9.75. The van der Waals surface area contributed by atoms with Crippen molar-refractivity contribution in [3.05, 3.63) is 29.8 Å². The Kier molecular flexibility index (Phi) is 5.97. The van der Waals surface area contributed by atoms with Crippen molar-refractivity contribution in [3.63, 3.8) is 0 Å². The second-order valence-electron chi connectivity index (χ2n) is 4.22. The molecular formula is C13H21NO3. The molecule has 0 bridgehead atoms. The topological polar surface area (TPSA) is 52.9 Å². The lowest BCUT2D eigenvalue weighted by Gasteiger charge is -2.20. The maximum atomic E-state index is 9.75. The van der Waals surface area contributed by atoms with Crippen LogP contribution in [-0.4, -0.2) is 54.6 Å². The van der Waals surface area contributed by atoms with Gasteiger partial charge in [0.15, 0.2) is 0 Å². The summed E-state index contributed by atoms with van der Waals surface area (Å²) >= 11 is 0. The standard InChI is InChI=1S/C13H21NO3/c1-11-5-3-4-6-13(11)17-10-12(16)9-14(2)7-8-15/h3-6,12,15-16H,7-10H2,1-2H3/t12-/m0/s1. The molecule has 4 nitrogen and oxygen atoms in total. The Bertz CT molecular complexity index is 330. The summed E-state index contributed by atoms with van der Waals surface area (Å²) in [5.74, 6) is 0.802. The van der Waals surface area contributed by atoms with E-state index in [1.807, 2.05) is 43.1 Å². The highest BCUT2D eigenvalue weighted by Gasteiger charge is 2.09. The number of aliphatic hydroxyl groups excluding tert-OH is 2. The number of hydrogen-bond donors (Lipinski definition) is 2. The van der Waals surface area contributed by atoms with Gasteiger partial charge in [0.1, 0.15) is 18.5 Å². The smallest absolute Gasteiger partial charge is 0.122 e. The lowest BCUT2D eigenvalue weighted by Crippen LogP contribution is -2.34. The third kappa shape index (κ3) is 5.17. The fourth-order valence-electron chi connectivity index (χ4n) is 1.58. The molecule has 1 atom stereocenters. The minimum Gasteiger partial charge on any atom is -0.491 e. The first-order valence-corrected chi connectivity index (χ1v) is 5.79. The van der Waals surface area contributed by atoms with Gasteiger partial charge in [-0.1, -0.05) is 18.2 Å². The van der Waals surface area contributed by atoms with Gasteiger partial charge in [-0.3, -0.25) is 0 Å². The van der Waals surface area contributed by atoms with E-state index in [1.165, 1.54) is 0 Å². The molecule has 0 saturated heterocycles. The third-order valence-electron chi connectivity index (χ3n) is 2.53. The molecule has 1 aromatic rings. The Morgan fingerprint density at radius 3 is 2.71 bits per heavy atom. The molecule has 1 aromatic carbocycles. The number of nitrogens with zero attached hydrogens (tertiary/aromatic N) is 1. The quantitative estimate of drug-likeness (QED) is 0.734. The molecule has 0 radical (unpaired) electrons. The number of rotatable bonds is 7. The van der Waals surface area contributed by atoms with E-state index < -0.39 is 6.10 Å². The summed E-state index contributed by atoms with van der Waals surface area (Å²) in [5, 5.41) is 18.5. The molecule has 0 aliphatic rings. The lowest BCUT2D eigenvalue weighted by atomic mass is 10.2. The third-order valence-corrected chi connectivity index (χ3v) is 2.53. The van der Waals surface area contributed by atoms with Crippen LogP contribution < -0.4 is 4.74 Å². The predicted octanol–water partition coefficient (Wildman–Crippen LogP) is 0.659. The van der Waals surface area contributed by atoms with Gasteiger partial charge in [0.2, 0.25) is 0 Å². The zero-order chi connectivity index (χ0) is 12.7. The summed E-state index contributed by atoms with van der Waals surface area (Å²) in [6, 6.07) is 7.72. The summed E-state index contributed by atoms with van der Waals surface area (Å²) in [6.45, 7) is 3.38. The fraction of sp³-hybridized carbons (Fsp3) is 0.538. The molecule has 0 aliphatic heterocycles. The molecule has 1 rings (SSSR count). The molecule has 0 aromatic heterocycles. The molecule has 96 valence electrons. The molecule has 0 saturated carbocycles. The van der Waals surface area contributed by atoms with Crippen molar-refractivity contribution in [1.29, 1.82) is 0 Å². The van der Waals surface area contributed by atoms with Crippen LogP contribution in [0.2, 0.25) is 0 Å². The Morgan fingerprint density at radius 1 is 1.35 bits per heavy atom. The minimum absolute atomic E-state index is 0.0991. The number of ether oxygens (including phenoxy) is 1. The highest BCUT2D eigenvalue weighted by molar-refractivity contribution is 5.31. The van der Waals surface area contributed by atoms with E-state index in [2.05, 4.69) is 0 Å². The van der Waals surface area contributed by atoms with Gasteiger partial charge in [0.25, 0.3) is 0 Å². The normalized spacial score (nSPS) is 12.8. The molecule has 0 unspecified atom stereocenters. The van der Waals surface area contributed by atoms with Gasteiger partial charge < -0.3 is 19.8 Å². The zero-order valence-electron chi connectivity index (χ0n) is 10.5. The lowest BCUT2D eigenvalue weighted by molar-refractivity contribution is 0.0708. The van der Waals surface area contributed by atoms with Crippen LogP contribution in [0.15, 0.2) is 24.3 Å². The van der Waals surface area contributed by atoms with Gasteiger partial charge in [-0.05, 0) is 25.6 Å². The summed E-state index contributed by atoms with van der Waals surface area (Å²) in [5.41, 5.74) is 1.06. The first kappa shape index (κ1) is 14.0. The van der Waals surface area contributed by atoms with E-state index in [0.29, 0.717) is 13.1 Å². The number of aryl methyl sites for hydroxylation is 1. The fourth-order valence-corrected chi connectivity index (χ4v) is 1.58. The van der Waals surface area contributed by atoms with Crippen molar-refractivity contribution in [1.82, 2.24) is 4.90 Å². The summed E-state index contributed by atoms with van der Waals surface area (Å²) in [6.07, 6.45) is -0.550. The first-order chi connectivity index (χ1) is 8.13. The van der Waals surface area contributed by atoms with Crippen LogP contribution in [0, 0.1) is 6.92 Å². The Morgan fingerprint density at radius 2 is 2.06 bits per heavy atom. The second kappa shape index (κ2) is 7.27. The number of aliphatic hydroxyl groups is 2. The first-order valence-electron chi connectivity index (χ1n) is 5.79. The van der Waals surface area contributed by atoms with Crippen LogP contribution in [0.1, 0.15) is 5.56 Å². The van der Waals surface area contributed by atoms with Crippen LogP contribution in [0.4, 0.5) is 0 Å². The van der Waals surface area contributed by atoms with Crippen molar-refractivity contribution in [3.8, 4) is 5.75 Å². The van der Waals surface area contributed by atoms with Gasteiger partial charge in [0, 0.05) is 13.1 Å². The summed E-state index contributed by atoms with van der Waals surface area (Å²) in [7, 11) is 1.85. The van der Waals surface area contributed by atoms with E-state index in [1.54, 1.807) is 0 Å². The predicted molar refractivity (Wildman–Crippen MR) is 67.3 cm³/mol. The monoisotopic (exact) mass is 239 g/mol. The average Bonchev–Trinajstić information content (AvgIpc) is 2.28. The molecule has 0 heterocycles. The SMILES string of the molecule is Cc1ccccc1OC[C@@H](O)CN(C)CCO. The van der Waals surface area contributed by atoms with Crippen molar-refractivity contribution in [2.24, 2.45) is 0 Å². The Balaban J connectivity index is 2.33. The van der Waals surface area contributed by atoms with E-state index in [0.717, 1.165) is 11.3 Å². The van der Waals surface area contributed by atoms with Crippen molar-refractivity contribution >= 4 is 0 Å². The Hall–Kier alpha value is -1.10. The molecule has 4 heteroatoms. The highest BCUT2D eigenvalue weighted by atomic mass is 16.5. The molecule has 0 amide bonds. The number of likely N-dealkylation sites (N-methyl/N-ethyl adjacent to an activating group) is 1. The van der Waals surface area contributed by atoms with E-state index >= 15 is 0 Å². The van der Waals surface area contributed by atoms with Crippen LogP contribution in [0.3, 0.4) is 0 Å². The highest BCUT2D eigenvalue weighted by Crippen LogP contribution is 2.16. The zero-order valence-corrected chi connectivity index (χ0v) is 10.5. The molecule has 0 aliphatic carbocycles. The molecule has 2 N–H and O–H groups in total. The number of benzene rings is 1. The van der Waals surface area contributed by atoms with Gasteiger partial charge in [0.05, 0.1) is 6.61 Å². The second-order valence-corrected chi connectivity index (χ2v) is 4.22. The molecule has 0 spiro atoms. The summed E-state index contributed by atoms with van der Waals surface area (Å²) < 4.78 is 5.54. The van der Waals surface area contributed by atoms with Gasteiger partial charge >= 0.3 is 0 Å². The largest absolute Gasteiger partial charge is 0.491 e. The van der Waals surface area contributed by atoms with Crippen LogP contribution in [0.25, 0.3) is 0 Å². The number of hydrogen-bond acceptors (Lipinski definition) is 4.